The van der Waals surface area contributed by atoms with Crippen LogP contribution in [0.5, 0.6) is 11.5 Å². The molecule has 2 heterocycles. The molecule has 0 unspecified atom stereocenters. The summed E-state index contributed by atoms with van der Waals surface area (Å²) in [7, 11) is 1.44. The fraction of sp³-hybridized carbons (Fsp3) is 0.320. The maximum absolute atomic E-state index is 13.2. The summed E-state index contributed by atoms with van der Waals surface area (Å²) in [5, 5.41) is 0.165. The van der Waals surface area contributed by atoms with E-state index in [1.165, 1.54) is 27.0 Å². The molecule has 0 saturated heterocycles. The summed E-state index contributed by atoms with van der Waals surface area (Å²) in [5.41, 5.74) is -0.290. The molecular formula is C25H24O8. The number of fused-ring (bicyclic) bond motifs is 3. The van der Waals surface area contributed by atoms with Crippen molar-refractivity contribution in [1.29, 1.82) is 0 Å². The highest BCUT2D eigenvalue weighted by molar-refractivity contribution is 5.90. The summed E-state index contributed by atoms with van der Waals surface area (Å²) >= 11 is 0. The zero-order valence-corrected chi connectivity index (χ0v) is 19.0. The number of carbonyl (C=O) groups is 2. The molecule has 0 bridgehead atoms. The van der Waals surface area contributed by atoms with Gasteiger partial charge < -0.3 is 23.4 Å². The van der Waals surface area contributed by atoms with E-state index in [4.69, 9.17) is 23.4 Å². The Kier molecular flexibility index (Phi) is 5.61. The zero-order chi connectivity index (χ0) is 23.9. The second kappa shape index (κ2) is 8.27. The number of esters is 2. The minimum absolute atomic E-state index is 0.134. The second-order valence-corrected chi connectivity index (χ2v) is 8.30. The van der Waals surface area contributed by atoms with Crippen LogP contribution >= 0.6 is 0 Å². The van der Waals surface area contributed by atoms with Crippen molar-refractivity contribution in [2.75, 3.05) is 7.11 Å². The van der Waals surface area contributed by atoms with E-state index >= 15 is 0 Å². The van der Waals surface area contributed by atoms with Gasteiger partial charge in [0.25, 0.3) is 0 Å². The van der Waals surface area contributed by atoms with Crippen LogP contribution in [-0.4, -0.2) is 30.8 Å². The lowest BCUT2D eigenvalue weighted by Gasteiger charge is -2.43. The molecule has 0 fully saturated rings. The Hall–Kier alpha value is -3.81. The van der Waals surface area contributed by atoms with Gasteiger partial charge in [-0.1, -0.05) is 30.3 Å². The molecule has 0 aliphatic carbocycles. The van der Waals surface area contributed by atoms with Gasteiger partial charge in [0, 0.05) is 31.5 Å². The highest BCUT2D eigenvalue weighted by atomic mass is 16.6. The molecule has 0 radical (unpaired) electrons. The maximum Gasteiger partial charge on any atom is 0.303 e. The molecule has 1 aliphatic rings. The van der Waals surface area contributed by atoms with Gasteiger partial charge in [-0.25, -0.2) is 0 Å². The summed E-state index contributed by atoms with van der Waals surface area (Å²) in [6, 6.07) is 12.0. The average Bonchev–Trinajstić information content (AvgIpc) is 2.74. The molecule has 1 aliphatic heterocycles. The predicted octanol–water partition coefficient (Wildman–Crippen LogP) is 4.18. The van der Waals surface area contributed by atoms with Crippen LogP contribution in [0.3, 0.4) is 0 Å². The maximum atomic E-state index is 13.2. The molecule has 2 atom stereocenters. The van der Waals surface area contributed by atoms with Crippen molar-refractivity contribution in [2.45, 2.75) is 45.5 Å². The summed E-state index contributed by atoms with van der Waals surface area (Å²) in [6.45, 7) is 5.95. The molecule has 3 aromatic rings. The highest BCUT2D eigenvalue weighted by Crippen LogP contribution is 2.49. The van der Waals surface area contributed by atoms with E-state index in [1.54, 1.807) is 19.9 Å². The van der Waals surface area contributed by atoms with Gasteiger partial charge in [0.1, 0.15) is 28.2 Å². The predicted molar refractivity (Wildman–Crippen MR) is 119 cm³/mol. The lowest BCUT2D eigenvalue weighted by molar-refractivity contribution is -0.187. The van der Waals surface area contributed by atoms with Gasteiger partial charge in [-0.3, -0.25) is 14.4 Å². The van der Waals surface area contributed by atoms with Gasteiger partial charge in [0.15, 0.2) is 23.2 Å². The number of benzene rings is 2. The molecule has 1 aromatic heterocycles. The van der Waals surface area contributed by atoms with Gasteiger partial charge in [-0.2, -0.15) is 0 Å². The summed E-state index contributed by atoms with van der Waals surface area (Å²) < 4.78 is 29.0. The highest BCUT2D eigenvalue weighted by Gasteiger charge is 2.50. The van der Waals surface area contributed by atoms with Crippen LogP contribution in [0.4, 0.5) is 0 Å². The van der Waals surface area contributed by atoms with E-state index in [-0.39, 0.29) is 22.1 Å². The van der Waals surface area contributed by atoms with E-state index in [1.807, 2.05) is 30.3 Å². The third-order valence-electron chi connectivity index (χ3n) is 5.45. The first-order valence-corrected chi connectivity index (χ1v) is 10.4. The Balaban J connectivity index is 2.08. The van der Waals surface area contributed by atoms with E-state index in [0.29, 0.717) is 22.6 Å². The summed E-state index contributed by atoms with van der Waals surface area (Å²) in [6.07, 6.45) is -2.07. The first kappa shape index (κ1) is 22.4. The van der Waals surface area contributed by atoms with Crippen LogP contribution in [0, 0.1) is 0 Å². The Labute approximate surface area is 190 Å². The molecule has 0 spiro atoms. The van der Waals surface area contributed by atoms with Crippen LogP contribution < -0.4 is 14.9 Å². The van der Waals surface area contributed by atoms with E-state index in [0.717, 1.165) is 0 Å². The SMILES string of the molecule is COc1cc2c(c3oc(-c4ccccc4)cc(=O)c13)[C@@H](OC(C)=O)[C@@H](OC(C)=O)C(C)(C)O2. The Bertz CT molecular complexity index is 1290. The van der Waals surface area contributed by atoms with E-state index in [9.17, 15) is 14.4 Å². The number of hydrogen-bond acceptors (Lipinski definition) is 8. The van der Waals surface area contributed by atoms with Crippen molar-refractivity contribution in [3.63, 3.8) is 0 Å². The van der Waals surface area contributed by atoms with Crippen molar-refractivity contribution >= 4 is 22.9 Å². The molecular weight excluding hydrogens is 428 g/mol. The second-order valence-electron chi connectivity index (χ2n) is 8.30. The Morgan fingerprint density at radius 2 is 1.67 bits per heavy atom. The topological polar surface area (TPSA) is 101 Å². The van der Waals surface area contributed by atoms with Crippen molar-refractivity contribution in [1.82, 2.24) is 0 Å². The van der Waals surface area contributed by atoms with Crippen molar-refractivity contribution in [2.24, 2.45) is 0 Å². The van der Waals surface area contributed by atoms with Crippen LogP contribution in [0.1, 0.15) is 39.4 Å². The number of rotatable bonds is 4. The fourth-order valence-corrected chi connectivity index (χ4v) is 4.10. The van der Waals surface area contributed by atoms with Gasteiger partial charge in [-0.15, -0.1) is 0 Å². The summed E-state index contributed by atoms with van der Waals surface area (Å²) in [4.78, 5) is 37.1. The average molecular weight is 452 g/mol. The normalized spacial score (nSPS) is 18.7. The molecule has 8 nitrogen and oxygen atoms in total. The van der Waals surface area contributed by atoms with Gasteiger partial charge >= 0.3 is 11.9 Å². The molecule has 4 rings (SSSR count). The van der Waals surface area contributed by atoms with Gasteiger partial charge in [0.05, 0.1) is 12.7 Å². The molecule has 2 aromatic carbocycles. The number of methoxy groups -OCH3 is 1. The van der Waals surface area contributed by atoms with Crippen LogP contribution in [0.2, 0.25) is 0 Å². The van der Waals surface area contributed by atoms with E-state index < -0.39 is 29.7 Å². The standard InChI is InChI=1S/C25H24O8/c1-13(26)30-23-21-19(33-25(3,4)24(23)31-14(2)27)12-18(29-5)20-16(28)11-17(32-22(20)21)15-9-7-6-8-10-15/h6-12,23-24H,1-5H3/t23-,24-/m1/s1. The third kappa shape index (κ3) is 4.04. The monoisotopic (exact) mass is 452 g/mol. The van der Waals surface area contributed by atoms with Gasteiger partial charge in [0.2, 0.25) is 0 Å². The molecule has 0 saturated carbocycles. The zero-order valence-electron chi connectivity index (χ0n) is 19.0. The fourth-order valence-electron chi connectivity index (χ4n) is 4.10. The Morgan fingerprint density at radius 3 is 2.27 bits per heavy atom. The Morgan fingerprint density at radius 1 is 1.00 bits per heavy atom. The van der Waals surface area contributed by atoms with E-state index in [2.05, 4.69) is 0 Å². The van der Waals surface area contributed by atoms with Gasteiger partial charge in [-0.05, 0) is 13.8 Å². The summed E-state index contributed by atoms with van der Waals surface area (Å²) in [5.74, 6) is -0.292. The molecule has 33 heavy (non-hydrogen) atoms. The minimum Gasteiger partial charge on any atom is -0.496 e. The van der Waals surface area contributed by atoms with Crippen molar-refractivity contribution < 1.29 is 33.0 Å². The van der Waals surface area contributed by atoms with Crippen LogP contribution in [-0.2, 0) is 19.1 Å². The number of carbonyl (C=O) groups excluding carboxylic acids is 2. The lowest BCUT2D eigenvalue weighted by Crippen LogP contribution is -2.52. The molecule has 0 N–H and O–H groups in total. The number of ether oxygens (including phenoxy) is 4. The minimum atomic E-state index is -1.08. The smallest absolute Gasteiger partial charge is 0.303 e. The van der Waals surface area contributed by atoms with Crippen LogP contribution in [0.15, 0.2) is 51.7 Å². The van der Waals surface area contributed by atoms with Crippen LogP contribution in [0.25, 0.3) is 22.3 Å². The largest absolute Gasteiger partial charge is 0.496 e. The van der Waals surface area contributed by atoms with Crippen molar-refractivity contribution in [3.8, 4) is 22.8 Å². The quantitative estimate of drug-likeness (QED) is 0.544. The first-order valence-electron chi connectivity index (χ1n) is 10.4. The molecule has 172 valence electrons. The van der Waals surface area contributed by atoms with Crippen molar-refractivity contribution in [3.05, 3.63) is 58.3 Å². The molecule has 8 heteroatoms. The third-order valence-corrected chi connectivity index (χ3v) is 5.45. The first-order chi connectivity index (χ1) is 15.6. The molecule has 0 amide bonds. The lowest BCUT2D eigenvalue weighted by atomic mass is 9.86. The number of hydrogen-bond donors (Lipinski definition) is 0.